The van der Waals surface area contributed by atoms with Crippen LogP contribution in [-0.4, -0.2) is 51.9 Å². The molecule has 9 heteroatoms. The molecule has 0 aliphatic carbocycles. The molecule has 0 spiro atoms. The summed E-state index contributed by atoms with van der Waals surface area (Å²) in [6.07, 6.45) is 1.07. The van der Waals surface area contributed by atoms with E-state index in [-0.39, 0.29) is 12.6 Å². The third kappa shape index (κ3) is 4.89. The topological polar surface area (TPSA) is 94.6 Å². The van der Waals surface area contributed by atoms with E-state index in [0.29, 0.717) is 12.8 Å². The molecule has 0 unspecified atom stereocenters. The van der Waals surface area contributed by atoms with E-state index in [9.17, 15) is 14.4 Å². The number of nitrogens with zero attached hydrogens (tertiary/aromatic N) is 3. The monoisotopic (exact) mass is 465 g/mol. The van der Waals surface area contributed by atoms with Crippen molar-refractivity contribution in [1.29, 1.82) is 0 Å². The number of aryl methyl sites for hydroxylation is 1. The Morgan fingerprint density at radius 1 is 1.18 bits per heavy atom. The molecule has 0 bridgehead atoms. The van der Waals surface area contributed by atoms with Crippen LogP contribution >= 0.6 is 11.3 Å². The molecular formula is C24H27N5O3S. The van der Waals surface area contributed by atoms with Gasteiger partial charge < -0.3 is 5.32 Å². The zero-order valence-electron chi connectivity index (χ0n) is 18.9. The van der Waals surface area contributed by atoms with Gasteiger partial charge in [-0.25, -0.2) is 9.78 Å². The van der Waals surface area contributed by atoms with Crippen molar-refractivity contribution in [2.24, 2.45) is 0 Å². The van der Waals surface area contributed by atoms with Gasteiger partial charge in [-0.2, -0.15) is 5.01 Å². The van der Waals surface area contributed by atoms with Gasteiger partial charge in [0, 0.05) is 0 Å². The number of imide groups is 1. The Labute approximate surface area is 196 Å². The minimum Gasteiger partial charge on any atom is -0.322 e. The van der Waals surface area contributed by atoms with Gasteiger partial charge in [0.15, 0.2) is 0 Å². The number of carbonyl (C=O) groups excluding carboxylic acids is 3. The highest BCUT2D eigenvalue weighted by Crippen LogP contribution is 2.28. The van der Waals surface area contributed by atoms with Gasteiger partial charge in [0.2, 0.25) is 0 Å². The van der Waals surface area contributed by atoms with Crippen LogP contribution in [-0.2, 0) is 16.0 Å². The highest BCUT2D eigenvalue weighted by atomic mass is 32.1. The largest absolute Gasteiger partial charge is 0.344 e. The first-order valence-corrected chi connectivity index (χ1v) is 11.6. The molecule has 1 aromatic heterocycles. The zero-order chi connectivity index (χ0) is 23.6. The summed E-state index contributed by atoms with van der Waals surface area (Å²) in [5, 5.41) is 4.42. The summed E-state index contributed by atoms with van der Waals surface area (Å²) in [7, 11) is 1.81. The maximum atomic E-state index is 12.9. The van der Waals surface area contributed by atoms with Crippen LogP contribution in [0.5, 0.6) is 0 Å². The predicted molar refractivity (Wildman–Crippen MR) is 127 cm³/mol. The second kappa shape index (κ2) is 9.29. The van der Waals surface area contributed by atoms with Crippen molar-refractivity contribution >= 4 is 39.4 Å². The van der Waals surface area contributed by atoms with Crippen molar-refractivity contribution in [3.8, 4) is 0 Å². The molecule has 1 aliphatic rings. The molecule has 0 radical (unpaired) electrons. The minimum absolute atomic E-state index is 0.00881. The average molecular weight is 466 g/mol. The first-order valence-electron chi connectivity index (χ1n) is 10.8. The van der Waals surface area contributed by atoms with Crippen LogP contribution in [0, 0.1) is 0 Å². The molecule has 2 heterocycles. The number of fused-ring (bicyclic) bond motifs is 1. The number of hydrogen-bond donors (Lipinski definition) is 2. The lowest BCUT2D eigenvalue weighted by Crippen LogP contribution is -2.51. The number of thiazole rings is 1. The summed E-state index contributed by atoms with van der Waals surface area (Å²) < 4.78 is 1.09. The third-order valence-electron chi connectivity index (χ3n) is 5.98. The van der Waals surface area contributed by atoms with Crippen LogP contribution < -0.4 is 10.7 Å². The fourth-order valence-corrected chi connectivity index (χ4v) is 4.86. The van der Waals surface area contributed by atoms with Crippen molar-refractivity contribution in [2.75, 3.05) is 13.6 Å². The molecular weight excluding hydrogens is 438 g/mol. The number of urea groups is 1. The Balaban J connectivity index is 1.35. The van der Waals surface area contributed by atoms with E-state index >= 15 is 0 Å². The van der Waals surface area contributed by atoms with Crippen molar-refractivity contribution in [3.63, 3.8) is 0 Å². The zero-order valence-corrected chi connectivity index (χ0v) is 19.7. The molecule has 2 atom stereocenters. The molecule has 1 fully saturated rings. The molecule has 4 rings (SSSR count). The molecule has 4 amide bonds. The molecule has 33 heavy (non-hydrogen) atoms. The number of amides is 4. The number of aromatic nitrogens is 1. The number of carbonyl (C=O) groups is 3. The smallest absolute Gasteiger partial charge is 0.322 e. The average Bonchev–Trinajstić information content (AvgIpc) is 3.33. The second-order valence-corrected chi connectivity index (χ2v) is 9.60. The fraction of sp³-hybridized carbons (Fsp3) is 0.333. The Morgan fingerprint density at radius 2 is 1.88 bits per heavy atom. The number of benzene rings is 2. The lowest BCUT2D eigenvalue weighted by atomic mass is 9.93. The molecule has 172 valence electrons. The van der Waals surface area contributed by atoms with Crippen molar-refractivity contribution < 1.29 is 14.4 Å². The van der Waals surface area contributed by atoms with Gasteiger partial charge in [0.25, 0.3) is 11.8 Å². The summed E-state index contributed by atoms with van der Waals surface area (Å²) in [6.45, 7) is 3.66. The lowest BCUT2D eigenvalue weighted by Gasteiger charge is -2.24. The van der Waals surface area contributed by atoms with Gasteiger partial charge in [0.05, 0.1) is 22.8 Å². The van der Waals surface area contributed by atoms with Crippen LogP contribution in [0.2, 0.25) is 0 Å². The number of likely N-dealkylation sites (N-methyl/N-ethyl adjacent to an activating group) is 1. The molecule has 2 N–H and O–H groups in total. The number of para-hydroxylation sites is 1. The molecule has 3 aromatic rings. The van der Waals surface area contributed by atoms with Crippen molar-refractivity contribution in [3.05, 3.63) is 65.2 Å². The second-order valence-electron chi connectivity index (χ2n) is 8.53. The van der Waals surface area contributed by atoms with E-state index in [1.165, 1.54) is 0 Å². The maximum Gasteiger partial charge on any atom is 0.344 e. The number of nitrogens with one attached hydrogen (secondary N) is 2. The predicted octanol–water partition coefficient (Wildman–Crippen LogP) is 3.26. The molecule has 8 nitrogen and oxygen atoms in total. The van der Waals surface area contributed by atoms with E-state index in [2.05, 4.69) is 15.7 Å². The quantitative estimate of drug-likeness (QED) is 0.498. The molecule has 2 aromatic carbocycles. The van der Waals surface area contributed by atoms with Crippen LogP contribution in [0.25, 0.3) is 10.2 Å². The highest BCUT2D eigenvalue weighted by Gasteiger charge is 2.48. The summed E-state index contributed by atoms with van der Waals surface area (Å²) in [5.74, 6) is -0.903. The lowest BCUT2D eigenvalue weighted by molar-refractivity contribution is -0.139. The number of hydrogen-bond acceptors (Lipinski definition) is 6. The SMILES string of the molecule is C[C@@H](c1nc2ccccc2s1)N(C)CC(=O)NN1C(=O)N[C@](C)(CCc2ccccc2)C1=O. The Kier molecular flexibility index (Phi) is 6.44. The standard InChI is InChI=1S/C24H27N5O3S/c1-16(21-25-18-11-7-8-12-19(18)33-21)28(3)15-20(30)27-29-22(31)24(2,26-23(29)32)14-13-17-9-5-4-6-10-17/h4-12,16H,13-15H2,1-3H3,(H,26,32)(H,27,30)/t16-,24+/m0/s1. The van der Waals surface area contributed by atoms with Crippen LogP contribution in [0.4, 0.5) is 4.79 Å². The maximum absolute atomic E-state index is 12.9. The number of hydrazine groups is 1. The van der Waals surface area contributed by atoms with E-state index in [4.69, 9.17) is 0 Å². The van der Waals surface area contributed by atoms with E-state index < -0.39 is 23.4 Å². The normalized spacial score (nSPS) is 19.2. The molecule has 0 saturated carbocycles. The number of rotatable bonds is 8. The minimum atomic E-state index is -1.07. The Bertz CT molecular complexity index is 1150. The summed E-state index contributed by atoms with van der Waals surface area (Å²) in [4.78, 5) is 44.5. The van der Waals surface area contributed by atoms with Crippen LogP contribution in [0.3, 0.4) is 0 Å². The Hall–Kier alpha value is -3.30. The van der Waals surface area contributed by atoms with E-state index in [1.54, 1.807) is 18.3 Å². The third-order valence-corrected chi connectivity index (χ3v) is 7.18. The van der Waals surface area contributed by atoms with Gasteiger partial charge in [0.1, 0.15) is 10.5 Å². The summed E-state index contributed by atoms with van der Waals surface area (Å²) in [6, 6.07) is 16.9. The first-order chi connectivity index (χ1) is 15.8. The van der Waals surface area contributed by atoms with E-state index in [0.717, 1.165) is 25.8 Å². The van der Waals surface area contributed by atoms with E-state index in [1.807, 2.05) is 73.5 Å². The molecule has 1 aliphatic heterocycles. The van der Waals surface area contributed by atoms with Gasteiger partial charge in [-0.1, -0.05) is 42.5 Å². The summed E-state index contributed by atoms with van der Waals surface area (Å²) >= 11 is 1.58. The van der Waals surface area contributed by atoms with Gasteiger partial charge in [-0.15, -0.1) is 11.3 Å². The highest BCUT2D eigenvalue weighted by molar-refractivity contribution is 7.18. The van der Waals surface area contributed by atoms with Crippen LogP contribution in [0.15, 0.2) is 54.6 Å². The van der Waals surface area contributed by atoms with Crippen molar-refractivity contribution in [1.82, 2.24) is 25.6 Å². The van der Waals surface area contributed by atoms with Gasteiger partial charge in [-0.05, 0) is 51.4 Å². The first kappa shape index (κ1) is 22.9. The van der Waals surface area contributed by atoms with Gasteiger partial charge in [-0.3, -0.25) is 19.9 Å². The Morgan fingerprint density at radius 3 is 2.61 bits per heavy atom. The fourth-order valence-electron chi connectivity index (χ4n) is 3.78. The van der Waals surface area contributed by atoms with Crippen LogP contribution in [0.1, 0.15) is 36.9 Å². The summed E-state index contributed by atoms with van der Waals surface area (Å²) in [5.41, 5.74) is 3.41. The van der Waals surface area contributed by atoms with Crippen molar-refractivity contribution in [2.45, 2.75) is 38.3 Å². The van der Waals surface area contributed by atoms with Gasteiger partial charge >= 0.3 is 6.03 Å². The molecule has 1 saturated heterocycles.